The standard InChI is InChI=1S/C10H17NO3S/c1-10(2)7-8(12)11(9(10)13)3-4-14-5-6-15/h15H,3-7H2,1-2H3. The minimum Gasteiger partial charge on any atom is -0.379 e. The van der Waals surface area contributed by atoms with Crippen LogP contribution >= 0.6 is 12.6 Å². The van der Waals surface area contributed by atoms with E-state index >= 15 is 0 Å². The number of rotatable bonds is 5. The van der Waals surface area contributed by atoms with Crippen LogP contribution in [0.1, 0.15) is 20.3 Å². The molecule has 86 valence electrons. The van der Waals surface area contributed by atoms with Crippen LogP contribution in [-0.4, -0.2) is 42.2 Å². The van der Waals surface area contributed by atoms with E-state index in [0.29, 0.717) is 31.9 Å². The van der Waals surface area contributed by atoms with Crippen LogP contribution in [0.3, 0.4) is 0 Å². The molecule has 2 amide bonds. The molecule has 4 nitrogen and oxygen atoms in total. The van der Waals surface area contributed by atoms with Crippen LogP contribution in [0.4, 0.5) is 0 Å². The lowest BCUT2D eigenvalue weighted by Crippen LogP contribution is -2.35. The Balaban J connectivity index is 2.42. The van der Waals surface area contributed by atoms with Crippen LogP contribution in [0.5, 0.6) is 0 Å². The Hall–Kier alpha value is -0.550. The quantitative estimate of drug-likeness (QED) is 0.431. The molecule has 0 unspecified atom stereocenters. The highest BCUT2D eigenvalue weighted by atomic mass is 32.1. The highest BCUT2D eigenvalue weighted by Gasteiger charge is 2.44. The van der Waals surface area contributed by atoms with Crippen molar-refractivity contribution in [1.29, 1.82) is 0 Å². The summed E-state index contributed by atoms with van der Waals surface area (Å²) in [7, 11) is 0. The molecule has 1 saturated heterocycles. The Bertz CT molecular complexity index is 265. The van der Waals surface area contributed by atoms with Gasteiger partial charge in [0.2, 0.25) is 11.8 Å². The number of carbonyl (C=O) groups is 2. The van der Waals surface area contributed by atoms with Gasteiger partial charge in [-0.15, -0.1) is 0 Å². The fourth-order valence-electron chi connectivity index (χ4n) is 1.58. The van der Waals surface area contributed by atoms with Crippen LogP contribution in [0.2, 0.25) is 0 Å². The number of amides is 2. The number of carbonyl (C=O) groups excluding carboxylic acids is 2. The highest BCUT2D eigenvalue weighted by Crippen LogP contribution is 2.31. The van der Waals surface area contributed by atoms with E-state index in [1.54, 1.807) is 13.8 Å². The highest BCUT2D eigenvalue weighted by molar-refractivity contribution is 7.80. The van der Waals surface area contributed by atoms with Crippen molar-refractivity contribution in [3.8, 4) is 0 Å². The Kier molecular flexibility index (Phi) is 4.16. The second kappa shape index (κ2) is 4.99. The molecule has 0 spiro atoms. The lowest BCUT2D eigenvalue weighted by atomic mass is 9.92. The van der Waals surface area contributed by atoms with E-state index < -0.39 is 5.41 Å². The number of nitrogens with zero attached hydrogens (tertiary/aromatic N) is 1. The first-order chi connectivity index (χ1) is 6.99. The molecule has 0 radical (unpaired) electrons. The normalized spacial score (nSPS) is 20.1. The van der Waals surface area contributed by atoms with Crippen molar-refractivity contribution in [2.75, 3.05) is 25.5 Å². The smallest absolute Gasteiger partial charge is 0.235 e. The molecule has 0 N–H and O–H groups in total. The van der Waals surface area contributed by atoms with Crippen molar-refractivity contribution in [2.24, 2.45) is 5.41 Å². The van der Waals surface area contributed by atoms with Crippen molar-refractivity contribution < 1.29 is 14.3 Å². The zero-order valence-corrected chi connectivity index (χ0v) is 10.0. The third-order valence-electron chi connectivity index (χ3n) is 2.41. The Morgan fingerprint density at radius 2 is 2.07 bits per heavy atom. The Labute approximate surface area is 95.4 Å². The van der Waals surface area contributed by atoms with Gasteiger partial charge in [-0.2, -0.15) is 12.6 Å². The summed E-state index contributed by atoms with van der Waals surface area (Å²) in [6.07, 6.45) is 0.304. The number of hydrogen-bond acceptors (Lipinski definition) is 4. The molecule has 5 heteroatoms. The van der Waals surface area contributed by atoms with Gasteiger partial charge in [-0.3, -0.25) is 14.5 Å². The summed E-state index contributed by atoms with van der Waals surface area (Å²) in [5.74, 6) is 0.453. The van der Waals surface area contributed by atoms with E-state index in [9.17, 15) is 9.59 Å². The molecule has 1 fully saturated rings. The molecule has 0 aliphatic carbocycles. The van der Waals surface area contributed by atoms with Gasteiger partial charge in [0.15, 0.2) is 0 Å². The van der Waals surface area contributed by atoms with E-state index in [1.165, 1.54) is 4.90 Å². The molecule has 1 aliphatic heterocycles. The van der Waals surface area contributed by atoms with Gasteiger partial charge in [-0.05, 0) is 0 Å². The maximum atomic E-state index is 11.7. The molecule has 1 rings (SSSR count). The van der Waals surface area contributed by atoms with Crippen LogP contribution in [0, 0.1) is 5.41 Å². The molecule has 1 aliphatic rings. The molecular formula is C10H17NO3S. The second-order valence-corrected chi connectivity index (χ2v) is 4.69. The van der Waals surface area contributed by atoms with Gasteiger partial charge in [-0.1, -0.05) is 13.8 Å². The van der Waals surface area contributed by atoms with Crippen molar-refractivity contribution >= 4 is 24.4 Å². The molecule has 0 atom stereocenters. The van der Waals surface area contributed by atoms with Gasteiger partial charge in [-0.25, -0.2) is 0 Å². The maximum absolute atomic E-state index is 11.7. The van der Waals surface area contributed by atoms with Gasteiger partial charge in [0.05, 0.1) is 25.2 Å². The number of hydrogen-bond donors (Lipinski definition) is 1. The Morgan fingerprint density at radius 1 is 1.40 bits per heavy atom. The first-order valence-electron chi connectivity index (χ1n) is 5.02. The zero-order chi connectivity index (χ0) is 11.5. The second-order valence-electron chi connectivity index (χ2n) is 4.25. The summed E-state index contributed by atoms with van der Waals surface area (Å²) in [6, 6.07) is 0. The monoisotopic (exact) mass is 231 g/mol. The van der Waals surface area contributed by atoms with Crippen molar-refractivity contribution in [1.82, 2.24) is 4.90 Å². The number of ether oxygens (including phenoxy) is 1. The number of thiol groups is 1. The third-order valence-corrected chi connectivity index (χ3v) is 2.60. The SMILES string of the molecule is CC1(C)CC(=O)N(CCOCCS)C1=O. The van der Waals surface area contributed by atoms with Crippen LogP contribution < -0.4 is 0 Å². The van der Waals surface area contributed by atoms with Gasteiger partial charge in [0.1, 0.15) is 0 Å². The predicted molar refractivity (Wildman–Crippen MR) is 59.8 cm³/mol. The summed E-state index contributed by atoms with van der Waals surface area (Å²) in [5.41, 5.74) is -0.541. The molecule has 0 saturated carbocycles. The number of likely N-dealkylation sites (tertiary alicyclic amines) is 1. The maximum Gasteiger partial charge on any atom is 0.235 e. The van der Waals surface area contributed by atoms with Crippen LogP contribution in [0.15, 0.2) is 0 Å². The molecule has 0 bridgehead atoms. The topological polar surface area (TPSA) is 46.6 Å². The summed E-state index contributed by atoms with van der Waals surface area (Å²) in [6.45, 7) is 4.88. The van der Waals surface area contributed by atoms with Gasteiger partial charge >= 0.3 is 0 Å². The van der Waals surface area contributed by atoms with E-state index in [0.717, 1.165) is 0 Å². The van der Waals surface area contributed by atoms with Crippen molar-refractivity contribution in [2.45, 2.75) is 20.3 Å². The molecule has 0 aromatic carbocycles. The minimum atomic E-state index is -0.541. The van der Waals surface area contributed by atoms with E-state index in [2.05, 4.69) is 12.6 Å². The largest absolute Gasteiger partial charge is 0.379 e. The molecule has 1 heterocycles. The summed E-state index contributed by atoms with van der Waals surface area (Å²) >= 11 is 3.99. The predicted octanol–water partition coefficient (Wildman–Crippen LogP) is 0.718. The number of imide groups is 1. The zero-order valence-electron chi connectivity index (χ0n) is 9.15. The molecular weight excluding hydrogens is 214 g/mol. The Morgan fingerprint density at radius 3 is 2.53 bits per heavy atom. The van der Waals surface area contributed by atoms with E-state index in [4.69, 9.17) is 4.74 Å². The fourth-order valence-corrected chi connectivity index (χ4v) is 1.71. The third kappa shape index (κ3) is 2.95. The first-order valence-corrected chi connectivity index (χ1v) is 5.65. The van der Waals surface area contributed by atoms with Gasteiger partial charge < -0.3 is 4.74 Å². The van der Waals surface area contributed by atoms with E-state index in [-0.39, 0.29) is 11.8 Å². The van der Waals surface area contributed by atoms with Crippen LogP contribution in [0.25, 0.3) is 0 Å². The van der Waals surface area contributed by atoms with Crippen molar-refractivity contribution in [3.63, 3.8) is 0 Å². The average Bonchev–Trinajstić information content (AvgIpc) is 2.33. The fraction of sp³-hybridized carbons (Fsp3) is 0.800. The van der Waals surface area contributed by atoms with Crippen LogP contribution in [-0.2, 0) is 14.3 Å². The first kappa shape index (κ1) is 12.5. The summed E-state index contributed by atoms with van der Waals surface area (Å²) in [4.78, 5) is 24.5. The molecule has 0 aromatic heterocycles. The average molecular weight is 231 g/mol. The van der Waals surface area contributed by atoms with Gasteiger partial charge in [0, 0.05) is 12.2 Å². The molecule has 0 aromatic rings. The van der Waals surface area contributed by atoms with Gasteiger partial charge in [0.25, 0.3) is 0 Å². The molecule has 15 heavy (non-hydrogen) atoms. The summed E-state index contributed by atoms with van der Waals surface area (Å²) < 4.78 is 5.19. The summed E-state index contributed by atoms with van der Waals surface area (Å²) in [5, 5.41) is 0. The lowest BCUT2D eigenvalue weighted by molar-refractivity contribution is -0.141. The van der Waals surface area contributed by atoms with E-state index in [1.807, 2.05) is 0 Å². The lowest BCUT2D eigenvalue weighted by Gasteiger charge is -2.17. The minimum absolute atomic E-state index is 0.0954. The van der Waals surface area contributed by atoms with Crippen molar-refractivity contribution in [3.05, 3.63) is 0 Å².